The lowest BCUT2D eigenvalue weighted by atomic mass is 10.1. The predicted octanol–water partition coefficient (Wildman–Crippen LogP) is 2.29. The van der Waals surface area contributed by atoms with Crippen molar-refractivity contribution in [1.82, 2.24) is 0 Å². The van der Waals surface area contributed by atoms with E-state index in [0.717, 1.165) is 32.3 Å². The van der Waals surface area contributed by atoms with Crippen molar-refractivity contribution in [3.05, 3.63) is 0 Å². The molecule has 0 N–H and O–H groups in total. The van der Waals surface area contributed by atoms with Crippen molar-refractivity contribution < 1.29 is 14.3 Å². The Bertz CT molecular complexity index is 269. The van der Waals surface area contributed by atoms with E-state index < -0.39 is 0 Å². The molecule has 0 aliphatic carbocycles. The minimum absolute atomic E-state index is 0.0508. The number of hydrogen-bond donors (Lipinski definition) is 0. The van der Waals surface area contributed by atoms with Gasteiger partial charge < -0.3 is 9.47 Å². The number of ether oxygens (including phenoxy) is 2. The second-order valence-electron chi connectivity index (χ2n) is 3.96. The molecular weight excluding hydrogens is 204 g/mol. The van der Waals surface area contributed by atoms with Crippen molar-refractivity contribution in [2.45, 2.75) is 58.3 Å². The van der Waals surface area contributed by atoms with Crippen LogP contribution in [0.5, 0.6) is 0 Å². The molecule has 2 unspecified atom stereocenters. The average molecular weight is 224 g/mol. The van der Waals surface area contributed by atoms with Crippen LogP contribution in [0.4, 0.5) is 0 Å². The van der Waals surface area contributed by atoms with E-state index in [1.807, 2.05) is 6.92 Å². The monoisotopic (exact) mass is 224 g/mol. The lowest BCUT2D eigenvalue weighted by Gasteiger charge is -2.26. The van der Waals surface area contributed by atoms with Gasteiger partial charge in [-0.15, -0.1) is 0 Å². The van der Waals surface area contributed by atoms with Gasteiger partial charge in [-0.1, -0.05) is 12.8 Å². The van der Waals surface area contributed by atoms with Crippen molar-refractivity contribution in [3.8, 4) is 11.8 Å². The maximum Gasteiger partial charge on any atom is 0.208 e. The highest BCUT2D eigenvalue weighted by atomic mass is 16.7. The van der Waals surface area contributed by atoms with Gasteiger partial charge in [0.2, 0.25) is 5.78 Å². The Morgan fingerprint density at radius 3 is 2.94 bits per heavy atom. The molecule has 16 heavy (non-hydrogen) atoms. The molecule has 0 aromatic carbocycles. The number of hydrogen-bond acceptors (Lipinski definition) is 3. The van der Waals surface area contributed by atoms with Crippen molar-refractivity contribution in [2.24, 2.45) is 0 Å². The van der Waals surface area contributed by atoms with Gasteiger partial charge in [-0.2, -0.15) is 0 Å². The molecule has 0 aromatic rings. The second-order valence-corrected chi connectivity index (χ2v) is 3.96. The number of carbonyl (C=O) groups excluding carboxylic acids is 1. The molecule has 0 saturated carbocycles. The summed E-state index contributed by atoms with van der Waals surface area (Å²) in [5.74, 6) is 5.10. The summed E-state index contributed by atoms with van der Waals surface area (Å²) in [6.45, 7) is 4.45. The van der Waals surface area contributed by atoms with Crippen LogP contribution in [0.25, 0.3) is 0 Å². The third-order valence-electron chi connectivity index (χ3n) is 2.61. The summed E-state index contributed by atoms with van der Waals surface area (Å²) in [5, 5.41) is 0. The predicted molar refractivity (Wildman–Crippen MR) is 61.8 cm³/mol. The van der Waals surface area contributed by atoms with Crippen LogP contribution in [0.2, 0.25) is 0 Å². The highest BCUT2D eigenvalue weighted by Gasteiger charge is 2.20. The zero-order chi connectivity index (χ0) is 11.8. The van der Waals surface area contributed by atoms with Crippen LogP contribution in [-0.4, -0.2) is 24.8 Å². The molecule has 1 rings (SSSR count). The summed E-state index contributed by atoms with van der Waals surface area (Å²) in [5.41, 5.74) is 0. The third-order valence-corrected chi connectivity index (χ3v) is 2.61. The zero-order valence-corrected chi connectivity index (χ0v) is 10.1. The van der Waals surface area contributed by atoms with E-state index in [4.69, 9.17) is 9.47 Å². The normalized spacial score (nSPS) is 22.0. The smallest absolute Gasteiger partial charge is 0.208 e. The van der Waals surface area contributed by atoms with Crippen molar-refractivity contribution in [2.75, 3.05) is 6.61 Å². The van der Waals surface area contributed by atoms with E-state index in [-0.39, 0.29) is 18.2 Å². The molecule has 3 heteroatoms. The van der Waals surface area contributed by atoms with Crippen LogP contribution in [0.15, 0.2) is 0 Å². The van der Waals surface area contributed by atoms with E-state index in [1.54, 1.807) is 6.92 Å². The molecule has 90 valence electrons. The molecule has 1 fully saturated rings. The molecular formula is C13H20O3. The third kappa shape index (κ3) is 4.78. The topological polar surface area (TPSA) is 35.5 Å². The quantitative estimate of drug-likeness (QED) is 0.531. The molecule has 0 aromatic heterocycles. The fourth-order valence-electron chi connectivity index (χ4n) is 1.72. The Morgan fingerprint density at radius 1 is 1.56 bits per heavy atom. The Hall–Kier alpha value is -0.850. The number of Topliss-reactive ketones (excluding diaryl/α,β-unsaturated/α-hetero) is 1. The van der Waals surface area contributed by atoms with E-state index >= 15 is 0 Å². The van der Waals surface area contributed by atoms with E-state index in [1.165, 1.54) is 0 Å². The fraction of sp³-hybridized carbons (Fsp3) is 0.769. The van der Waals surface area contributed by atoms with Crippen LogP contribution >= 0.6 is 0 Å². The molecule has 1 saturated heterocycles. The first kappa shape index (κ1) is 13.2. The lowest BCUT2D eigenvalue weighted by Crippen LogP contribution is -2.28. The number of ketones is 1. The molecule has 2 atom stereocenters. The highest BCUT2D eigenvalue weighted by molar-refractivity contribution is 5.95. The van der Waals surface area contributed by atoms with Gasteiger partial charge in [0.05, 0.1) is 6.10 Å². The Morgan fingerprint density at radius 2 is 2.38 bits per heavy atom. The molecule has 0 bridgehead atoms. The number of rotatable bonds is 5. The Balaban J connectivity index is 2.34. The highest BCUT2D eigenvalue weighted by Crippen LogP contribution is 2.17. The van der Waals surface area contributed by atoms with Gasteiger partial charge in [0.15, 0.2) is 6.29 Å². The molecule has 1 aliphatic rings. The molecule has 0 spiro atoms. The second kappa shape index (κ2) is 7.43. The first-order chi connectivity index (χ1) is 7.76. The van der Waals surface area contributed by atoms with Gasteiger partial charge in [0.1, 0.15) is 0 Å². The Kier molecular flexibility index (Phi) is 6.14. The van der Waals surface area contributed by atoms with Gasteiger partial charge in [-0.05, 0) is 38.5 Å². The first-order valence-corrected chi connectivity index (χ1v) is 5.99. The van der Waals surface area contributed by atoms with Crippen LogP contribution in [0.3, 0.4) is 0 Å². The number of carbonyl (C=O) groups is 1. The van der Waals surface area contributed by atoms with Gasteiger partial charge in [0, 0.05) is 13.0 Å². The molecule has 3 nitrogen and oxygen atoms in total. The largest absolute Gasteiger partial charge is 0.353 e. The Labute approximate surface area is 97.5 Å². The van der Waals surface area contributed by atoms with Crippen molar-refractivity contribution in [3.63, 3.8) is 0 Å². The minimum Gasteiger partial charge on any atom is -0.353 e. The van der Waals surface area contributed by atoms with Gasteiger partial charge in [-0.25, -0.2) is 0 Å². The van der Waals surface area contributed by atoms with Crippen LogP contribution in [0.1, 0.15) is 46.0 Å². The van der Waals surface area contributed by atoms with E-state index in [0.29, 0.717) is 6.42 Å². The van der Waals surface area contributed by atoms with Gasteiger partial charge >= 0.3 is 0 Å². The fourth-order valence-corrected chi connectivity index (χ4v) is 1.72. The standard InChI is InChI=1S/C13H20O3/c1-3-7-11(14)10-12(4-2)16-13-8-5-6-9-15-13/h12-13H,4-6,8-10H2,1-2H3. The summed E-state index contributed by atoms with van der Waals surface area (Å²) in [7, 11) is 0. The van der Waals surface area contributed by atoms with E-state index in [9.17, 15) is 4.79 Å². The summed E-state index contributed by atoms with van der Waals surface area (Å²) in [4.78, 5) is 11.4. The average Bonchev–Trinajstić information content (AvgIpc) is 2.30. The lowest BCUT2D eigenvalue weighted by molar-refractivity contribution is -0.189. The molecule has 1 heterocycles. The summed E-state index contributed by atoms with van der Waals surface area (Å²) >= 11 is 0. The van der Waals surface area contributed by atoms with Gasteiger partial charge in [0.25, 0.3) is 0 Å². The van der Waals surface area contributed by atoms with Crippen LogP contribution < -0.4 is 0 Å². The van der Waals surface area contributed by atoms with Crippen molar-refractivity contribution in [1.29, 1.82) is 0 Å². The minimum atomic E-state index is -0.124. The van der Waals surface area contributed by atoms with Crippen LogP contribution in [0, 0.1) is 11.8 Å². The molecule has 0 radical (unpaired) electrons. The van der Waals surface area contributed by atoms with Crippen molar-refractivity contribution >= 4 is 5.78 Å². The first-order valence-electron chi connectivity index (χ1n) is 5.99. The SMILES string of the molecule is CC#CC(=O)CC(CC)OC1CCCCO1. The zero-order valence-electron chi connectivity index (χ0n) is 10.1. The molecule has 0 amide bonds. The summed E-state index contributed by atoms with van der Waals surface area (Å²) in [6, 6.07) is 0. The maximum absolute atomic E-state index is 11.4. The van der Waals surface area contributed by atoms with E-state index in [2.05, 4.69) is 11.8 Å². The van der Waals surface area contributed by atoms with Crippen LogP contribution in [-0.2, 0) is 14.3 Å². The summed E-state index contributed by atoms with van der Waals surface area (Å²) < 4.78 is 11.2. The molecule has 1 aliphatic heterocycles. The maximum atomic E-state index is 11.4. The summed E-state index contributed by atoms with van der Waals surface area (Å²) in [6.07, 6.45) is 4.19. The van der Waals surface area contributed by atoms with Gasteiger partial charge in [-0.3, -0.25) is 4.79 Å².